The minimum Gasteiger partial charge on any atom is -0.508 e. The minimum atomic E-state index is 0.198. The molecular weight excluding hydrogens is 284 g/mol. The molecule has 1 atom stereocenters. The average Bonchev–Trinajstić information content (AvgIpc) is 2.53. The Morgan fingerprint density at radius 1 is 1.00 bits per heavy atom. The van der Waals surface area contributed by atoms with Crippen molar-refractivity contribution in [2.24, 2.45) is 0 Å². The first kappa shape index (κ1) is 17.5. The maximum absolute atomic E-state index is 9.58. The van der Waals surface area contributed by atoms with Gasteiger partial charge in [-0.05, 0) is 56.6 Å². The lowest BCUT2D eigenvalue weighted by molar-refractivity contribution is 0.265. The standard InChI is InChI=1S/C20H28N2O/c1-15(2)22(4)14-18-8-5-7-17(11-18)13-21-16(3)19-9-6-10-20(23)12-19/h5-12,15-16,21,23H,13-14H2,1-4H3. The summed E-state index contributed by atoms with van der Waals surface area (Å²) in [7, 11) is 2.15. The molecule has 0 saturated heterocycles. The fourth-order valence-corrected chi connectivity index (χ4v) is 2.49. The van der Waals surface area contributed by atoms with Crippen LogP contribution >= 0.6 is 0 Å². The summed E-state index contributed by atoms with van der Waals surface area (Å²) in [6.45, 7) is 8.32. The fourth-order valence-electron chi connectivity index (χ4n) is 2.49. The number of phenols is 1. The van der Waals surface area contributed by atoms with Gasteiger partial charge in [0.15, 0.2) is 0 Å². The van der Waals surface area contributed by atoms with E-state index >= 15 is 0 Å². The van der Waals surface area contributed by atoms with Crippen molar-refractivity contribution in [3.8, 4) is 5.75 Å². The highest BCUT2D eigenvalue weighted by atomic mass is 16.3. The molecule has 0 aliphatic carbocycles. The summed E-state index contributed by atoms with van der Waals surface area (Å²) in [4.78, 5) is 2.34. The Hall–Kier alpha value is -1.84. The number of aromatic hydroxyl groups is 1. The number of phenolic OH excluding ortho intramolecular Hbond substituents is 1. The van der Waals surface area contributed by atoms with Crippen molar-refractivity contribution >= 4 is 0 Å². The van der Waals surface area contributed by atoms with Gasteiger partial charge < -0.3 is 10.4 Å². The molecule has 2 N–H and O–H groups in total. The molecule has 0 aliphatic heterocycles. The van der Waals surface area contributed by atoms with Crippen LogP contribution in [-0.4, -0.2) is 23.1 Å². The van der Waals surface area contributed by atoms with E-state index in [-0.39, 0.29) is 6.04 Å². The number of nitrogens with zero attached hydrogens (tertiary/aromatic N) is 1. The molecule has 2 rings (SSSR count). The lowest BCUT2D eigenvalue weighted by atomic mass is 10.1. The van der Waals surface area contributed by atoms with Crippen molar-refractivity contribution in [2.45, 2.75) is 45.9 Å². The van der Waals surface area contributed by atoms with E-state index in [1.54, 1.807) is 6.07 Å². The Morgan fingerprint density at radius 2 is 1.70 bits per heavy atom. The Balaban J connectivity index is 1.95. The molecule has 0 fully saturated rings. The summed E-state index contributed by atoms with van der Waals surface area (Å²) in [6, 6.07) is 16.9. The van der Waals surface area contributed by atoms with E-state index < -0.39 is 0 Å². The van der Waals surface area contributed by atoms with Crippen molar-refractivity contribution in [3.05, 3.63) is 65.2 Å². The zero-order chi connectivity index (χ0) is 16.8. The first-order valence-corrected chi connectivity index (χ1v) is 8.26. The van der Waals surface area contributed by atoms with Crippen LogP contribution in [0.5, 0.6) is 5.75 Å². The van der Waals surface area contributed by atoms with Gasteiger partial charge in [-0.2, -0.15) is 0 Å². The second kappa shape index (κ2) is 8.14. The van der Waals surface area contributed by atoms with Crippen LogP contribution in [0.15, 0.2) is 48.5 Å². The molecule has 3 heteroatoms. The number of hydrogen-bond donors (Lipinski definition) is 2. The zero-order valence-electron chi connectivity index (χ0n) is 14.6. The van der Waals surface area contributed by atoms with Crippen LogP contribution in [0.1, 0.15) is 43.5 Å². The molecule has 1 unspecified atom stereocenters. The van der Waals surface area contributed by atoms with Gasteiger partial charge in [-0.15, -0.1) is 0 Å². The average molecular weight is 312 g/mol. The number of benzene rings is 2. The van der Waals surface area contributed by atoms with Crippen LogP contribution in [0, 0.1) is 0 Å². The molecular formula is C20H28N2O. The summed E-state index contributed by atoms with van der Waals surface area (Å²) in [5, 5.41) is 13.1. The topological polar surface area (TPSA) is 35.5 Å². The molecule has 3 nitrogen and oxygen atoms in total. The molecule has 0 heterocycles. The maximum Gasteiger partial charge on any atom is 0.115 e. The third kappa shape index (κ3) is 5.38. The Morgan fingerprint density at radius 3 is 2.39 bits per heavy atom. The summed E-state index contributed by atoms with van der Waals surface area (Å²) < 4.78 is 0. The van der Waals surface area contributed by atoms with Gasteiger partial charge in [0.25, 0.3) is 0 Å². The molecule has 0 amide bonds. The molecule has 23 heavy (non-hydrogen) atoms. The lowest BCUT2D eigenvalue weighted by Gasteiger charge is -2.21. The molecule has 2 aromatic rings. The van der Waals surface area contributed by atoms with Crippen molar-refractivity contribution < 1.29 is 5.11 Å². The monoisotopic (exact) mass is 312 g/mol. The minimum absolute atomic E-state index is 0.198. The van der Waals surface area contributed by atoms with Crippen LogP contribution in [0.4, 0.5) is 0 Å². The third-order valence-electron chi connectivity index (χ3n) is 4.29. The van der Waals surface area contributed by atoms with Gasteiger partial charge in [0, 0.05) is 25.2 Å². The molecule has 0 bridgehead atoms. The summed E-state index contributed by atoms with van der Waals surface area (Å²) in [6.07, 6.45) is 0. The van der Waals surface area contributed by atoms with Gasteiger partial charge in [-0.3, -0.25) is 4.90 Å². The Bertz CT molecular complexity index is 625. The van der Waals surface area contributed by atoms with Crippen LogP contribution in [0.25, 0.3) is 0 Å². The molecule has 2 aromatic carbocycles. The van der Waals surface area contributed by atoms with E-state index in [1.165, 1.54) is 11.1 Å². The zero-order valence-corrected chi connectivity index (χ0v) is 14.6. The third-order valence-corrected chi connectivity index (χ3v) is 4.29. The predicted molar refractivity (Wildman–Crippen MR) is 96.4 cm³/mol. The molecule has 0 radical (unpaired) electrons. The lowest BCUT2D eigenvalue weighted by Crippen LogP contribution is -2.25. The van der Waals surface area contributed by atoms with Crippen LogP contribution < -0.4 is 5.32 Å². The normalized spacial score (nSPS) is 12.8. The van der Waals surface area contributed by atoms with Crippen LogP contribution in [0.2, 0.25) is 0 Å². The second-order valence-electron chi connectivity index (χ2n) is 6.53. The largest absolute Gasteiger partial charge is 0.508 e. The molecule has 0 aromatic heterocycles. The maximum atomic E-state index is 9.58. The summed E-state index contributed by atoms with van der Waals surface area (Å²) in [5.74, 6) is 0.315. The molecule has 0 aliphatic rings. The van der Waals surface area contributed by atoms with E-state index in [2.05, 4.69) is 62.3 Å². The van der Waals surface area contributed by atoms with Gasteiger partial charge in [0.1, 0.15) is 5.75 Å². The van der Waals surface area contributed by atoms with Crippen LogP contribution in [-0.2, 0) is 13.1 Å². The quantitative estimate of drug-likeness (QED) is 0.808. The van der Waals surface area contributed by atoms with Gasteiger partial charge >= 0.3 is 0 Å². The smallest absolute Gasteiger partial charge is 0.115 e. The number of rotatable bonds is 7. The van der Waals surface area contributed by atoms with Crippen molar-refractivity contribution in [1.82, 2.24) is 10.2 Å². The first-order valence-electron chi connectivity index (χ1n) is 8.26. The van der Waals surface area contributed by atoms with Gasteiger partial charge in [0.05, 0.1) is 0 Å². The second-order valence-corrected chi connectivity index (χ2v) is 6.53. The molecule has 124 valence electrons. The van der Waals surface area contributed by atoms with E-state index in [0.717, 1.165) is 18.7 Å². The highest BCUT2D eigenvalue weighted by molar-refractivity contribution is 5.29. The van der Waals surface area contributed by atoms with Crippen LogP contribution in [0.3, 0.4) is 0 Å². The molecule has 0 spiro atoms. The summed E-state index contributed by atoms with van der Waals surface area (Å²) in [5.41, 5.74) is 3.72. The van der Waals surface area contributed by atoms with Crippen molar-refractivity contribution in [1.29, 1.82) is 0 Å². The van der Waals surface area contributed by atoms with Gasteiger partial charge in [-0.1, -0.05) is 36.4 Å². The fraction of sp³-hybridized carbons (Fsp3) is 0.400. The molecule has 0 saturated carbocycles. The predicted octanol–water partition coefficient (Wildman–Crippen LogP) is 4.08. The van der Waals surface area contributed by atoms with E-state index in [1.807, 2.05) is 18.2 Å². The van der Waals surface area contributed by atoms with Crippen molar-refractivity contribution in [2.75, 3.05) is 7.05 Å². The summed E-state index contributed by atoms with van der Waals surface area (Å²) >= 11 is 0. The highest BCUT2D eigenvalue weighted by Gasteiger charge is 2.07. The van der Waals surface area contributed by atoms with Gasteiger partial charge in [0.2, 0.25) is 0 Å². The van der Waals surface area contributed by atoms with E-state index in [0.29, 0.717) is 11.8 Å². The first-order chi connectivity index (χ1) is 11.0. The van der Waals surface area contributed by atoms with E-state index in [4.69, 9.17) is 0 Å². The Kier molecular flexibility index (Phi) is 6.20. The number of nitrogens with one attached hydrogen (secondary N) is 1. The van der Waals surface area contributed by atoms with Crippen molar-refractivity contribution in [3.63, 3.8) is 0 Å². The Labute approximate surface area is 140 Å². The highest BCUT2D eigenvalue weighted by Crippen LogP contribution is 2.18. The SMILES string of the molecule is CC(NCc1cccc(CN(C)C(C)C)c1)c1cccc(O)c1. The van der Waals surface area contributed by atoms with E-state index in [9.17, 15) is 5.11 Å². The number of hydrogen-bond acceptors (Lipinski definition) is 3. The van der Waals surface area contributed by atoms with Gasteiger partial charge in [-0.25, -0.2) is 0 Å².